The smallest absolute Gasteiger partial charge is 0.270 e. The van der Waals surface area contributed by atoms with Crippen LogP contribution in [-0.4, -0.2) is 10.2 Å². The average Bonchev–Trinajstić information content (AvgIpc) is 3.02. The lowest BCUT2D eigenvalue weighted by atomic mass is 10.2. The van der Waals surface area contributed by atoms with Gasteiger partial charge >= 0.3 is 0 Å². The molecular weight excluding hydrogens is 537 g/mol. The second-order valence-electron chi connectivity index (χ2n) is 6.58. The highest BCUT2D eigenvalue weighted by Crippen LogP contribution is 2.39. The first-order valence-electron chi connectivity index (χ1n) is 9.11. The molecule has 4 rings (SSSR count). The number of benzene rings is 3. The van der Waals surface area contributed by atoms with Crippen molar-refractivity contribution in [2.75, 3.05) is 4.90 Å². The van der Waals surface area contributed by atoms with Crippen molar-refractivity contribution < 1.29 is 9.53 Å². The number of nitrogens with zero attached hydrogens (tertiary/aromatic N) is 1. The fourth-order valence-electron chi connectivity index (χ4n) is 2.96. The Labute approximate surface area is 208 Å². The van der Waals surface area contributed by atoms with E-state index in [0.717, 1.165) is 15.7 Å². The van der Waals surface area contributed by atoms with Gasteiger partial charge in [-0.05, 0) is 53.6 Å². The van der Waals surface area contributed by atoms with E-state index in [9.17, 15) is 4.79 Å². The van der Waals surface area contributed by atoms with E-state index in [1.165, 1.54) is 16.7 Å². The highest BCUT2D eigenvalue weighted by molar-refractivity contribution is 9.10. The number of carbonyl (C=O) groups is 1. The zero-order chi connectivity index (χ0) is 22.0. The molecule has 1 fully saturated rings. The number of hydrogen-bond acceptors (Lipinski definition) is 4. The molecule has 3 nitrogen and oxygen atoms in total. The molecule has 0 radical (unpaired) electrons. The van der Waals surface area contributed by atoms with Gasteiger partial charge < -0.3 is 4.74 Å². The van der Waals surface area contributed by atoms with Crippen LogP contribution < -0.4 is 9.64 Å². The number of para-hydroxylation sites is 1. The molecule has 1 heterocycles. The van der Waals surface area contributed by atoms with Crippen LogP contribution in [-0.2, 0) is 11.4 Å². The van der Waals surface area contributed by atoms with Crippen LogP contribution in [0, 0.1) is 0 Å². The van der Waals surface area contributed by atoms with Crippen LogP contribution in [0.2, 0.25) is 10.0 Å². The number of carbonyl (C=O) groups excluding carboxylic acids is 1. The summed E-state index contributed by atoms with van der Waals surface area (Å²) in [5, 5.41) is 0.740. The molecule has 0 aromatic heterocycles. The standard InChI is InChI=1S/C23H14BrCl2NO2S2/c24-16-8-6-14(7-9-16)13-29-21-18(25)10-15(11-19(21)26)12-20-22(28)27(23(30)31-20)17-4-2-1-3-5-17/h1-12H,13H2/b20-12+. The number of thioether (sulfide) groups is 1. The Balaban J connectivity index is 1.54. The van der Waals surface area contributed by atoms with Crippen LogP contribution in [0.1, 0.15) is 11.1 Å². The second kappa shape index (κ2) is 9.76. The van der Waals surface area contributed by atoms with Crippen molar-refractivity contribution in [2.45, 2.75) is 6.61 Å². The van der Waals surface area contributed by atoms with Crippen LogP contribution in [0.4, 0.5) is 5.69 Å². The number of amides is 1. The van der Waals surface area contributed by atoms with Gasteiger partial charge in [0.15, 0.2) is 10.1 Å². The molecule has 0 spiro atoms. The average molecular weight is 551 g/mol. The van der Waals surface area contributed by atoms with Gasteiger partial charge in [0, 0.05) is 4.47 Å². The van der Waals surface area contributed by atoms with E-state index in [4.69, 9.17) is 40.2 Å². The topological polar surface area (TPSA) is 29.5 Å². The summed E-state index contributed by atoms with van der Waals surface area (Å²) in [6, 6.07) is 20.5. The van der Waals surface area contributed by atoms with Gasteiger partial charge in [-0.2, -0.15) is 0 Å². The molecule has 1 aliphatic rings. The lowest BCUT2D eigenvalue weighted by molar-refractivity contribution is -0.113. The van der Waals surface area contributed by atoms with Crippen molar-refractivity contribution in [1.82, 2.24) is 0 Å². The first-order chi connectivity index (χ1) is 14.9. The number of ether oxygens (including phenoxy) is 1. The Hall–Kier alpha value is -1.83. The summed E-state index contributed by atoms with van der Waals surface area (Å²) in [6.07, 6.45) is 1.73. The minimum Gasteiger partial charge on any atom is -0.486 e. The molecule has 0 aliphatic carbocycles. The Kier molecular flexibility index (Phi) is 7.04. The summed E-state index contributed by atoms with van der Waals surface area (Å²) in [5.41, 5.74) is 2.42. The summed E-state index contributed by atoms with van der Waals surface area (Å²) in [7, 11) is 0. The summed E-state index contributed by atoms with van der Waals surface area (Å²) in [5.74, 6) is 0.226. The zero-order valence-corrected chi connectivity index (χ0v) is 20.6. The van der Waals surface area contributed by atoms with Crippen molar-refractivity contribution in [1.29, 1.82) is 0 Å². The molecule has 1 amide bonds. The summed E-state index contributed by atoms with van der Waals surface area (Å²) in [4.78, 5) is 14.9. The lowest BCUT2D eigenvalue weighted by Crippen LogP contribution is -2.27. The molecule has 0 saturated carbocycles. The fourth-order valence-corrected chi connectivity index (χ4v) is 5.13. The van der Waals surface area contributed by atoms with Crippen LogP contribution in [0.3, 0.4) is 0 Å². The van der Waals surface area contributed by atoms with E-state index in [0.29, 0.717) is 37.2 Å². The van der Waals surface area contributed by atoms with Crippen LogP contribution in [0.25, 0.3) is 6.08 Å². The van der Waals surface area contributed by atoms with E-state index < -0.39 is 0 Å². The Morgan fingerprint density at radius 2 is 1.68 bits per heavy atom. The maximum atomic E-state index is 12.9. The number of thiocarbonyl (C=S) groups is 1. The molecule has 0 bridgehead atoms. The van der Waals surface area contributed by atoms with Crippen molar-refractivity contribution >= 4 is 85.1 Å². The van der Waals surface area contributed by atoms with Gasteiger partial charge in [-0.1, -0.05) is 93.4 Å². The van der Waals surface area contributed by atoms with Gasteiger partial charge in [0.2, 0.25) is 0 Å². The minimum atomic E-state index is -0.177. The van der Waals surface area contributed by atoms with Crippen LogP contribution >= 0.6 is 63.1 Å². The first kappa shape index (κ1) is 22.4. The Morgan fingerprint density at radius 3 is 2.32 bits per heavy atom. The molecule has 8 heteroatoms. The van der Waals surface area contributed by atoms with Crippen LogP contribution in [0.15, 0.2) is 76.1 Å². The number of rotatable bonds is 5. The quantitative estimate of drug-likeness (QED) is 0.240. The highest BCUT2D eigenvalue weighted by atomic mass is 79.9. The normalized spacial score (nSPS) is 15.1. The molecule has 3 aromatic rings. The fraction of sp³-hybridized carbons (Fsp3) is 0.0435. The zero-order valence-electron chi connectivity index (χ0n) is 15.8. The van der Waals surface area contributed by atoms with E-state index >= 15 is 0 Å². The molecule has 0 atom stereocenters. The minimum absolute atomic E-state index is 0.177. The Bertz CT molecular complexity index is 1160. The lowest BCUT2D eigenvalue weighted by Gasteiger charge is -2.14. The maximum Gasteiger partial charge on any atom is 0.270 e. The van der Waals surface area contributed by atoms with Gasteiger partial charge in [0.05, 0.1) is 20.6 Å². The first-order valence-corrected chi connectivity index (χ1v) is 11.9. The van der Waals surface area contributed by atoms with Gasteiger partial charge in [-0.3, -0.25) is 9.69 Å². The predicted octanol–water partition coefficient (Wildman–Crippen LogP) is 7.74. The third-order valence-electron chi connectivity index (χ3n) is 4.42. The third-order valence-corrected chi connectivity index (χ3v) is 6.82. The third kappa shape index (κ3) is 5.16. The van der Waals surface area contributed by atoms with E-state index in [1.54, 1.807) is 18.2 Å². The molecule has 1 aliphatic heterocycles. The molecule has 0 N–H and O–H groups in total. The number of halogens is 3. The Morgan fingerprint density at radius 1 is 1.03 bits per heavy atom. The van der Waals surface area contributed by atoms with Gasteiger partial charge in [-0.25, -0.2) is 0 Å². The predicted molar refractivity (Wildman–Crippen MR) is 137 cm³/mol. The highest BCUT2D eigenvalue weighted by Gasteiger charge is 2.33. The monoisotopic (exact) mass is 549 g/mol. The van der Waals surface area contributed by atoms with Crippen molar-refractivity contribution in [3.8, 4) is 5.75 Å². The largest absolute Gasteiger partial charge is 0.486 e. The van der Waals surface area contributed by atoms with E-state index in [-0.39, 0.29) is 5.91 Å². The summed E-state index contributed by atoms with van der Waals surface area (Å²) >= 11 is 22.9. The van der Waals surface area contributed by atoms with Crippen molar-refractivity contribution in [2.24, 2.45) is 0 Å². The van der Waals surface area contributed by atoms with E-state index in [2.05, 4.69) is 15.9 Å². The second-order valence-corrected chi connectivity index (χ2v) is 9.99. The molecular formula is C23H14BrCl2NO2S2. The molecule has 0 unspecified atom stereocenters. The van der Waals surface area contributed by atoms with Crippen molar-refractivity contribution in [3.05, 3.63) is 97.3 Å². The molecule has 31 heavy (non-hydrogen) atoms. The summed E-state index contributed by atoms with van der Waals surface area (Å²) in [6.45, 7) is 0.335. The number of anilines is 1. The van der Waals surface area contributed by atoms with Gasteiger partial charge in [0.25, 0.3) is 5.91 Å². The summed E-state index contributed by atoms with van der Waals surface area (Å²) < 4.78 is 7.31. The molecule has 156 valence electrons. The van der Waals surface area contributed by atoms with Gasteiger partial charge in [0.1, 0.15) is 6.61 Å². The van der Waals surface area contributed by atoms with Crippen LogP contribution in [0.5, 0.6) is 5.75 Å². The number of hydrogen-bond donors (Lipinski definition) is 0. The molecule has 3 aromatic carbocycles. The van der Waals surface area contributed by atoms with Crippen molar-refractivity contribution in [3.63, 3.8) is 0 Å². The van der Waals surface area contributed by atoms with Gasteiger partial charge in [-0.15, -0.1) is 0 Å². The SMILES string of the molecule is O=C1/C(=C\c2cc(Cl)c(OCc3ccc(Br)cc3)c(Cl)c2)SC(=S)N1c1ccccc1. The van der Waals surface area contributed by atoms with E-state index in [1.807, 2.05) is 54.6 Å². The molecule has 1 saturated heterocycles. The maximum absolute atomic E-state index is 12.9.